The fourth-order valence-corrected chi connectivity index (χ4v) is 2.40. The summed E-state index contributed by atoms with van der Waals surface area (Å²) in [5, 5.41) is 0. The van der Waals surface area contributed by atoms with E-state index in [0.29, 0.717) is 0 Å². The predicted molar refractivity (Wildman–Crippen MR) is 47.6 cm³/mol. The van der Waals surface area contributed by atoms with Crippen molar-refractivity contribution >= 4 is 15.9 Å². The maximum Gasteiger partial charge on any atom is 0.172 e. The summed E-state index contributed by atoms with van der Waals surface area (Å²) in [5.74, 6) is 0.753. The lowest BCUT2D eigenvalue weighted by Gasteiger charge is -2.04. The zero-order valence-electron chi connectivity index (χ0n) is 6.35. The van der Waals surface area contributed by atoms with E-state index in [1.807, 2.05) is 0 Å². The second-order valence-corrected chi connectivity index (χ2v) is 3.85. The van der Waals surface area contributed by atoms with E-state index in [4.69, 9.17) is 4.42 Å². The van der Waals surface area contributed by atoms with Gasteiger partial charge in [-0.3, -0.25) is 0 Å². The van der Waals surface area contributed by atoms with E-state index in [1.54, 1.807) is 6.26 Å². The molecule has 1 saturated carbocycles. The van der Waals surface area contributed by atoms with Crippen molar-refractivity contribution in [3.05, 3.63) is 22.6 Å². The van der Waals surface area contributed by atoms with Crippen LogP contribution in [0.15, 0.2) is 21.4 Å². The zero-order valence-corrected chi connectivity index (χ0v) is 7.93. The highest BCUT2D eigenvalue weighted by Crippen LogP contribution is 2.37. The number of hydrogen-bond acceptors (Lipinski definition) is 1. The Morgan fingerprint density at radius 1 is 1.36 bits per heavy atom. The molecule has 0 spiro atoms. The van der Waals surface area contributed by atoms with Crippen molar-refractivity contribution in [2.24, 2.45) is 0 Å². The van der Waals surface area contributed by atoms with E-state index in [1.165, 1.54) is 31.2 Å². The molecule has 2 heteroatoms. The third-order valence-electron chi connectivity index (χ3n) is 2.44. The maximum absolute atomic E-state index is 5.19. The van der Waals surface area contributed by atoms with Gasteiger partial charge in [-0.05, 0) is 40.8 Å². The first-order valence-corrected chi connectivity index (χ1v) is 4.90. The van der Waals surface area contributed by atoms with Crippen molar-refractivity contribution in [2.45, 2.75) is 31.6 Å². The Bertz CT molecular complexity index is 235. The SMILES string of the molecule is Brc1occc1C1CCCC1. The standard InChI is InChI=1S/C9H11BrO/c10-9-8(5-6-11-9)7-3-1-2-4-7/h5-7H,1-4H2. The Morgan fingerprint density at radius 3 is 2.64 bits per heavy atom. The van der Waals surface area contributed by atoms with Crippen LogP contribution in [-0.2, 0) is 0 Å². The molecule has 60 valence electrons. The van der Waals surface area contributed by atoms with Crippen LogP contribution in [0.2, 0.25) is 0 Å². The molecule has 1 aromatic rings. The van der Waals surface area contributed by atoms with Crippen molar-refractivity contribution in [3.8, 4) is 0 Å². The smallest absolute Gasteiger partial charge is 0.172 e. The number of halogens is 1. The molecular formula is C9H11BrO. The summed E-state index contributed by atoms with van der Waals surface area (Å²) in [6.07, 6.45) is 7.18. The molecule has 1 nitrogen and oxygen atoms in total. The van der Waals surface area contributed by atoms with Gasteiger partial charge in [0.15, 0.2) is 4.67 Å². The lowest BCUT2D eigenvalue weighted by Crippen LogP contribution is -1.89. The summed E-state index contributed by atoms with van der Waals surface area (Å²) in [6.45, 7) is 0. The number of furan rings is 1. The molecule has 1 heterocycles. The minimum absolute atomic E-state index is 0.753. The Morgan fingerprint density at radius 2 is 2.09 bits per heavy atom. The summed E-state index contributed by atoms with van der Waals surface area (Å²) in [4.78, 5) is 0. The van der Waals surface area contributed by atoms with Gasteiger partial charge in [0.2, 0.25) is 0 Å². The molecule has 0 bridgehead atoms. The van der Waals surface area contributed by atoms with Gasteiger partial charge in [-0.1, -0.05) is 12.8 Å². The van der Waals surface area contributed by atoms with Crippen LogP contribution in [0.1, 0.15) is 37.2 Å². The van der Waals surface area contributed by atoms with E-state index in [0.717, 1.165) is 10.6 Å². The van der Waals surface area contributed by atoms with Gasteiger partial charge in [-0.25, -0.2) is 0 Å². The predicted octanol–water partition coefficient (Wildman–Crippen LogP) is 3.70. The molecule has 0 radical (unpaired) electrons. The van der Waals surface area contributed by atoms with Crippen LogP contribution in [0.5, 0.6) is 0 Å². The number of rotatable bonds is 1. The third kappa shape index (κ3) is 1.36. The average molecular weight is 215 g/mol. The van der Waals surface area contributed by atoms with Gasteiger partial charge >= 0.3 is 0 Å². The quantitative estimate of drug-likeness (QED) is 0.696. The fourth-order valence-electron chi connectivity index (χ4n) is 1.83. The summed E-state index contributed by atoms with van der Waals surface area (Å²) >= 11 is 3.41. The van der Waals surface area contributed by atoms with Crippen LogP contribution in [0.3, 0.4) is 0 Å². The van der Waals surface area contributed by atoms with E-state index < -0.39 is 0 Å². The van der Waals surface area contributed by atoms with Crippen molar-refractivity contribution < 1.29 is 4.42 Å². The Kier molecular flexibility index (Phi) is 2.03. The summed E-state index contributed by atoms with van der Waals surface area (Å²) in [7, 11) is 0. The maximum atomic E-state index is 5.19. The lowest BCUT2D eigenvalue weighted by molar-refractivity contribution is 0.531. The van der Waals surface area contributed by atoms with Gasteiger partial charge < -0.3 is 4.42 Å². The summed E-state index contributed by atoms with van der Waals surface area (Å²) in [5.41, 5.74) is 1.36. The van der Waals surface area contributed by atoms with Gasteiger partial charge in [0.1, 0.15) is 0 Å². The van der Waals surface area contributed by atoms with Crippen molar-refractivity contribution in [2.75, 3.05) is 0 Å². The topological polar surface area (TPSA) is 13.1 Å². The molecule has 0 N–H and O–H groups in total. The lowest BCUT2D eigenvalue weighted by atomic mass is 10.0. The highest BCUT2D eigenvalue weighted by atomic mass is 79.9. The molecule has 0 amide bonds. The summed E-state index contributed by atoms with van der Waals surface area (Å²) < 4.78 is 6.13. The molecule has 0 saturated heterocycles. The zero-order chi connectivity index (χ0) is 7.68. The molecule has 0 aromatic carbocycles. The molecule has 1 fully saturated rings. The van der Waals surface area contributed by atoms with Crippen molar-refractivity contribution in [1.82, 2.24) is 0 Å². The van der Waals surface area contributed by atoms with Gasteiger partial charge in [-0.15, -0.1) is 0 Å². The Hall–Kier alpha value is -0.240. The average Bonchev–Trinajstić information content (AvgIpc) is 2.55. The molecule has 1 aliphatic carbocycles. The minimum atomic E-state index is 0.753. The van der Waals surface area contributed by atoms with Crippen LogP contribution in [0.25, 0.3) is 0 Å². The van der Waals surface area contributed by atoms with Crippen LogP contribution < -0.4 is 0 Å². The van der Waals surface area contributed by atoms with E-state index in [9.17, 15) is 0 Å². The van der Waals surface area contributed by atoms with Crippen LogP contribution >= 0.6 is 15.9 Å². The Labute approximate surface area is 74.9 Å². The molecule has 11 heavy (non-hydrogen) atoms. The van der Waals surface area contributed by atoms with Crippen LogP contribution in [0, 0.1) is 0 Å². The molecule has 0 unspecified atom stereocenters. The summed E-state index contributed by atoms with van der Waals surface area (Å²) in [6, 6.07) is 2.08. The molecule has 1 aliphatic rings. The molecule has 0 aliphatic heterocycles. The second kappa shape index (κ2) is 3.02. The van der Waals surface area contributed by atoms with Crippen LogP contribution in [-0.4, -0.2) is 0 Å². The molecule has 1 aromatic heterocycles. The monoisotopic (exact) mass is 214 g/mol. The van der Waals surface area contributed by atoms with Gasteiger partial charge in [0, 0.05) is 5.56 Å². The van der Waals surface area contributed by atoms with E-state index in [-0.39, 0.29) is 0 Å². The third-order valence-corrected chi connectivity index (χ3v) is 3.09. The van der Waals surface area contributed by atoms with Crippen molar-refractivity contribution in [3.63, 3.8) is 0 Å². The van der Waals surface area contributed by atoms with Crippen molar-refractivity contribution in [1.29, 1.82) is 0 Å². The molecular weight excluding hydrogens is 204 g/mol. The normalized spacial score (nSPS) is 19.4. The highest BCUT2D eigenvalue weighted by molar-refractivity contribution is 9.10. The highest BCUT2D eigenvalue weighted by Gasteiger charge is 2.20. The first kappa shape index (κ1) is 7.41. The van der Waals surface area contributed by atoms with E-state index in [2.05, 4.69) is 22.0 Å². The first-order chi connectivity index (χ1) is 5.38. The fraction of sp³-hybridized carbons (Fsp3) is 0.556. The minimum Gasteiger partial charge on any atom is -0.457 e. The number of hydrogen-bond donors (Lipinski definition) is 0. The van der Waals surface area contributed by atoms with Gasteiger partial charge in [0.05, 0.1) is 6.26 Å². The molecule has 2 rings (SSSR count). The first-order valence-electron chi connectivity index (χ1n) is 4.11. The van der Waals surface area contributed by atoms with Gasteiger partial charge in [0.25, 0.3) is 0 Å². The Balaban J connectivity index is 2.21. The van der Waals surface area contributed by atoms with Gasteiger partial charge in [-0.2, -0.15) is 0 Å². The van der Waals surface area contributed by atoms with Crippen LogP contribution in [0.4, 0.5) is 0 Å². The van der Waals surface area contributed by atoms with E-state index >= 15 is 0 Å². The second-order valence-electron chi connectivity index (χ2n) is 3.13. The largest absolute Gasteiger partial charge is 0.457 e. The molecule has 0 atom stereocenters.